The minimum absolute atomic E-state index is 0.521. The Bertz CT molecular complexity index is 246. The minimum atomic E-state index is -1.20. The lowest BCUT2D eigenvalue weighted by molar-refractivity contribution is -0.119. The van der Waals surface area contributed by atoms with Gasteiger partial charge in [-0.2, -0.15) is 0 Å². The Kier molecular flexibility index (Phi) is 6.20. The van der Waals surface area contributed by atoms with Gasteiger partial charge in [0.2, 0.25) is 0 Å². The van der Waals surface area contributed by atoms with Gasteiger partial charge in [-0.25, -0.2) is 0 Å². The van der Waals surface area contributed by atoms with Crippen LogP contribution in [0.15, 0.2) is 30.3 Å². The summed E-state index contributed by atoms with van der Waals surface area (Å²) in [5.41, 5.74) is 0.521. The van der Waals surface area contributed by atoms with Crippen molar-refractivity contribution in [3.05, 3.63) is 35.9 Å². The summed E-state index contributed by atoms with van der Waals surface area (Å²) in [6, 6.07) is 8.56. The van der Waals surface area contributed by atoms with Crippen LogP contribution in [-0.2, 0) is 4.79 Å². The fraction of sp³-hybridized carbons (Fsp3) is 0.300. The van der Waals surface area contributed by atoms with E-state index in [4.69, 9.17) is 16.7 Å². The van der Waals surface area contributed by atoms with Crippen LogP contribution in [-0.4, -0.2) is 10.3 Å². The van der Waals surface area contributed by atoms with E-state index >= 15 is 0 Å². The van der Waals surface area contributed by atoms with Crippen molar-refractivity contribution < 1.29 is 9.90 Å². The van der Waals surface area contributed by atoms with Crippen molar-refractivity contribution in [1.29, 1.82) is 0 Å². The zero-order valence-electron chi connectivity index (χ0n) is 7.70. The summed E-state index contributed by atoms with van der Waals surface area (Å²) in [5.74, 6) is 0. The normalized spacial score (nSPS) is 11.1. The summed E-state index contributed by atoms with van der Waals surface area (Å²) in [7, 11) is 0. The van der Waals surface area contributed by atoms with Crippen molar-refractivity contribution in [3.63, 3.8) is 0 Å². The van der Waals surface area contributed by atoms with Crippen LogP contribution < -0.4 is 0 Å². The van der Waals surface area contributed by atoms with Gasteiger partial charge in [-0.1, -0.05) is 44.2 Å². The third-order valence-corrected chi connectivity index (χ3v) is 1.54. The molecule has 0 saturated carbocycles. The number of benzene rings is 1. The maximum atomic E-state index is 10.5. The van der Waals surface area contributed by atoms with Crippen molar-refractivity contribution >= 4 is 16.8 Å². The van der Waals surface area contributed by atoms with Gasteiger partial charge in [0.05, 0.1) is 0 Å². The molecule has 3 heteroatoms. The zero-order chi connectivity index (χ0) is 10.3. The lowest BCUT2D eigenvalue weighted by Crippen LogP contribution is -2.04. The Morgan fingerprint density at radius 2 is 1.77 bits per heavy atom. The molecule has 0 aliphatic rings. The Labute approximate surface area is 83.2 Å². The molecule has 0 aliphatic heterocycles. The number of aliphatic hydroxyl groups excluding tert-OH is 1. The van der Waals surface area contributed by atoms with Gasteiger partial charge < -0.3 is 5.11 Å². The number of halogens is 1. The summed E-state index contributed by atoms with van der Waals surface area (Å²) < 4.78 is 0. The second-order valence-corrected chi connectivity index (χ2v) is 2.49. The van der Waals surface area contributed by atoms with Gasteiger partial charge in [0.15, 0.2) is 6.10 Å². The average molecular weight is 201 g/mol. The monoisotopic (exact) mass is 200 g/mol. The van der Waals surface area contributed by atoms with Crippen LogP contribution in [0.3, 0.4) is 0 Å². The molecule has 1 unspecified atom stereocenters. The molecule has 1 aromatic carbocycles. The molecule has 1 rings (SSSR count). The summed E-state index contributed by atoms with van der Waals surface area (Å²) in [6.45, 7) is 4.00. The topological polar surface area (TPSA) is 37.3 Å². The molecule has 1 aromatic rings. The molecule has 0 bridgehead atoms. The van der Waals surface area contributed by atoms with E-state index in [1.54, 1.807) is 30.3 Å². The highest BCUT2D eigenvalue weighted by atomic mass is 35.5. The van der Waals surface area contributed by atoms with E-state index in [9.17, 15) is 4.79 Å². The van der Waals surface area contributed by atoms with Crippen LogP contribution in [0.5, 0.6) is 0 Å². The van der Waals surface area contributed by atoms with Gasteiger partial charge in [-0.05, 0) is 17.2 Å². The zero-order valence-corrected chi connectivity index (χ0v) is 8.45. The second-order valence-electron chi connectivity index (χ2n) is 2.12. The van der Waals surface area contributed by atoms with Gasteiger partial charge in [0.25, 0.3) is 5.24 Å². The number of hydrogen-bond donors (Lipinski definition) is 1. The van der Waals surface area contributed by atoms with E-state index in [1.165, 1.54) is 0 Å². The van der Waals surface area contributed by atoms with Crippen molar-refractivity contribution in [1.82, 2.24) is 0 Å². The molecule has 1 N–H and O–H groups in total. The average Bonchev–Trinajstić information content (AvgIpc) is 2.21. The number of carbonyl (C=O) groups is 1. The molecular formula is C10H13ClO2. The summed E-state index contributed by atoms with van der Waals surface area (Å²) >= 11 is 5.07. The molecule has 13 heavy (non-hydrogen) atoms. The van der Waals surface area contributed by atoms with E-state index in [1.807, 2.05) is 13.8 Å². The Hall–Kier alpha value is -0.860. The van der Waals surface area contributed by atoms with Gasteiger partial charge in [0.1, 0.15) is 0 Å². The molecule has 0 spiro atoms. The van der Waals surface area contributed by atoms with Gasteiger partial charge in [-0.15, -0.1) is 0 Å². The van der Waals surface area contributed by atoms with Crippen LogP contribution in [0.1, 0.15) is 25.5 Å². The molecule has 0 aliphatic carbocycles. The van der Waals surface area contributed by atoms with Crippen molar-refractivity contribution in [2.24, 2.45) is 0 Å². The van der Waals surface area contributed by atoms with Crippen molar-refractivity contribution in [3.8, 4) is 0 Å². The molecule has 1 atom stereocenters. The van der Waals surface area contributed by atoms with Crippen LogP contribution in [0, 0.1) is 0 Å². The number of carbonyl (C=O) groups excluding carboxylic acids is 1. The van der Waals surface area contributed by atoms with Crippen molar-refractivity contribution in [2.45, 2.75) is 20.0 Å². The molecule has 72 valence electrons. The maximum Gasteiger partial charge on any atom is 0.254 e. The van der Waals surface area contributed by atoms with Crippen LogP contribution >= 0.6 is 11.6 Å². The van der Waals surface area contributed by atoms with Gasteiger partial charge in [-0.3, -0.25) is 4.79 Å². The first-order valence-corrected chi connectivity index (χ1v) is 4.52. The van der Waals surface area contributed by atoms with Crippen molar-refractivity contribution in [2.75, 3.05) is 0 Å². The highest BCUT2D eigenvalue weighted by Crippen LogP contribution is 2.14. The van der Waals surface area contributed by atoms with Gasteiger partial charge in [0, 0.05) is 0 Å². The summed E-state index contributed by atoms with van der Waals surface area (Å²) in [6.07, 6.45) is -1.20. The Morgan fingerprint density at radius 3 is 2.15 bits per heavy atom. The molecule has 0 radical (unpaired) electrons. The number of hydrogen-bond acceptors (Lipinski definition) is 2. The van der Waals surface area contributed by atoms with E-state index in [0.717, 1.165) is 0 Å². The fourth-order valence-corrected chi connectivity index (χ4v) is 0.892. The van der Waals surface area contributed by atoms with E-state index < -0.39 is 11.3 Å². The third-order valence-electron chi connectivity index (χ3n) is 1.33. The highest BCUT2D eigenvalue weighted by molar-refractivity contribution is 6.64. The largest absolute Gasteiger partial charge is 0.379 e. The first-order chi connectivity index (χ1) is 6.22. The molecule has 0 amide bonds. The van der Waals surface area contributed by atoms with Gasteiger partial charge >= 0.3 is 0 Å². The summed E-state index contributed by atoms with van der Waals surface area (Å²) in [4.78, 5) is 10.5. The molecule has 0 saturated heterocycles. The fourth-order valence-electron chi connectivity index (χ4n) is 0.766. The SMILES string of the molecule is CC.O=C(Cl)C(O)c1ccccc1. The van der Waals surface area contributed by atoms with Crippen LogP contribution in [0.4, 0.5) is 0 Å². The molecule has 0 fully saturated rings. The van der Waals surface area contributed by atoms with E-state index in [2.05, 4.69) is 0 Å². The first-order valence-electron chi connectivity index (χ1n) is 4.14. The third kappa shape index (κ3) is 4.06. The van der Waals surface area contributed by atoms with E-state index in [-0.39, 0.29) is 0 Å². The predicted molar refractivity (Wildman–Crippen MR) is 53.6 cm³/mol. The quantitative estimate of drug-likeness (QED) is 0.745. The Balaban J connectivity index is 0.000000671. The predicted octanol–water partition coefficient (Wildman–Crippen LogP) is 2.51. The molecular weight excluding hydrogens is 188 g/mol. The highest BCUT2D eigenvalue weighted by Gasteiger charge is 2.12. The second kappa shape index (κ2) is 6.63. The van der Waals surface area contributed by atoms with E-state index in [0.29, 0.717) is 5.56 Å². The van der Waals surface area contributed by atoms with Crippen LogP contribution in [0.25, 0.3) is 0 Å². The maximum absolute atomic E-state index is 10.5. The lowest BCUT2D eigenvalue weighted by atomic mass is 10.1. The lowest BCUT2D eigenvalue weighted by Gasteiger charge is -2.03. The summed E-state index contributed by atoms with van der Waals surface area (Å²) in [5, 5.41) is 8.36. The standard InChI is InChI=1S/C8H7ClO2.C2H6/c9-8(11)7(10)6-4-2-1-3-5-6;1-2/h1-5,7,10H;1-2H3. The molecule has 0 heterocycles. The Morgan fingerprint density at radius 1 is 1.31 bits per heavy atom. The molecule has 0 aromatic heterocycles. The first kappa shape index (κ1) is 12.1. The molecule has 2 nitrogen and oxygen atoms in total. The smallest absolute Gasteiger partial charge is 0.254 e. The number of rotatable bonds is 2. The minimum Gasteiger partial charge on any atom is -0.379 e. The van der Waals surface area contributed by atoms with Crippen LogP contribution in [0.2, 0.25) is 0 Å². The number of aliphatic hydroxyl groups is 1.